The molecule has 2 aromatic heterocycles. The molecule has 0 spiro atoms. The van der Waals surface area contributed by atoms with Crippen LogP contribution in [0.3, 0.4) is 0 Å². The van der Waals surface area contributed by atoms with E-state index < -0.39 is 29.0 Å². The first-order valence-corrected chi connectivity index (χ1v) is 10.3. The van der Waals surface area contributed by atoms with E-state index in [1.165, 1.54) is 27.8 Å². The molecule has 0 amide bonds. The van der Waals surface area contributed by atoms with Crippen molar-refractivity contribution >= 4 is 28.2 Å². The van der Waals surface area contributed by atoms with Gasteiger partial charge in [0.25, 0.3) is 5.78 Å². The predicted octanol–water partition coefficient (Wildman–Crippen LogP) is 5.55. The highest BCUT2D eigenvalue weighted by Gasteiger charge is 2.62. The van der Waals surface area contributed by atoms with Gasteiger partial charge in [-0.05, 0) is 50.1 Å². The van der Waals surface area contributed by atoms with E-state index in [0.29, 0.717) is 0 Å². The van der Waals surface area contributed by atoms with Crippen molar-refractivity contribution in [1.29, 1.82) is 0 Å². The molecule has 11 heteroatoms. The maximum Gasteiger partial charge on any atom is 0.405 e. The molecule has 0 saturated heterocycles. The van der Waals surface area contributed by atoms with Crippen LogP contribution in [0.1, 0.15) is 25.3 Å². The van der Waals surface area contributed by atoms with Crippen LogP contribution in [0.15, 0.2) is 36.7 Å². The van der Waals surface area contributed by atoms with Gasteiger partial charge in [-0.3, -0.25) is 4.40 Å². The fraction of sp³-hybridized carbons (Fsp3) is 0.261. The fourth-order valence-corrected chi connectivity index (χ4v) is 3.83. The highest BCUT2D eigenvalue weighted by Crippen LogP contribution is 2.57. The highest BCUT2D eigenvalue weighted by atomic mass is 19.4. The Bertz CT molecular complexity index is 1490. The van der Waals surface area contributed by atoms with Crippen LogP contribution in [-0.2, 0) is 0 Å². The van der Waals surface area contributed by atoms with Gasteiger partial charge in [0.05, 0.1) is 10.9 Å². The van der Waals surface area contributed by atoms with Crippen LogP contribution in [0.25, 0.3) is 16.7 Å². The third-order valence-electron chi connectivity index (χ3n) is 5.80. The number of alkyl halides is 3. The Balaban J connectivity index is 1.67. The van der Waals surface area contributed by atoms with E-state index in [1.54, 1.807) is 6.92 Å². The number of hydrogen-bond donors (Lipinski definition) is 0. The minimum Gasteiger partial charge on any atom is -0.326 e. The lowest BCUT2D eigenvalue weighted by Crippen LogP contribution is -2.22. The smallest absolute Gasteiger partial charge is 0.326 e. The molecule has 34 heavy (non-hydrogen) atoms. The quantitative estimate of drug-likeness (QED) is 0.288. The normalized spacial score (nSPS) is 14.8. The summed E-state index contributed by atoms with van der Waals surface area (Å²) >= 11 is 0. The Kier molecular flexibility index (Phi) is 4.93. The molecule has 2 heterocycles. The van der Waals surface area contributed by atoms with E-state index in [4.69, 9.17) is 0 Å². The summed E-state index contributed by atoms with van der Waals surface area (Å²) in [5.74, 6) is 1.70. The third kappa shape index (κ3) is 3.50. The van der Waals surface area contributed by atoms with Gasteiger partial charge in [-0.1, -0.05) is 11.8 Å². The number of anilines is 2. The summed E-state index contributed by atoms with van der Waals surface area (Å²) in [6.07, 6.45) is -3.38. The molecular formula is C23H15F6N5. The van der Waals surface area contributed by atoms with Crippen molar-refractivity contribution in [2.45, 2.75) is 25.9 Å². The Morgan fingerprint density at radius 1 is 1.12 bits per heavy atom. The van der Waals surface area contributed by atoms with Crippen LogP contribution in [-0.4, -0.2) is 32.3 Å². The topological polar surface area (TPSA) is 46.3 Å². The van der Waals surface area contributed by atoms with Crippen LogP contribution >= 0.6 is 0 Å². The van der Waals surface area contributed by atoms with Crippen molar-refractivity contribution in [3.63, 3.8) is 0 Å². The first-order chi connectivity index (χ1) is 16.1. The van der Waals surface area contributed by atoms with Gasteiger partial charge in [-0.15, -0.1) is 10.2 Å². The summed E-state index contributed by atoms with van der Waals surface area (Å²) in [6, 6.07) is 5.82. The summed E-state index contributed by atoms with van der Waals surface area (Å²) in [7, 11) is 0. The van der Waals surface area contributed by atoms with Gasteiger partial charge in [0.15, 0.2) is 11.6 Å². The average molecular weight is 475 g/mol. The number of aromatic nitrogens is 4. The Morgan fingerprint density at radius 3 is 2.56 bits per heavy atom. The lowest BCUT2D eigenvalue weighted by Gasteiger charge is -2.24. The van der Waals surface area contributed by atoms with Crippen LogP contribution in [0.4, 0.5) is 37.8 Å². The van der Waals surface area contributed by atoms with E-state index in [9.17, 15) is 26.3 Å². The lowest BCUT2D eigenvalue weighted by molar-refractivity contribution is -0.168. The molecule has 0 aliphatic heterocycles. The van der Waals surface area contributed by atoms with Gasteiger partial charge in [0, 0.05) is 17.8 Å². The van der Waals surface area contributed by atoms with Gasteiger partial charge in [0.2, 0.25) is 0 Å². The van der Waals surface area contributed by atoms with Crippen LogP contribution in [0, 0.1) is 34.7 Å². The molecule has 1 aliphatic rings. The van der Waals surface area contributed by atoms with Crippen molar-refractivity contribution in [1.82, 2.24) is 19.6 Å². The largest absolute Gasteiger partial charge is 0.405 e. The first-order valence-electron chi connectivity index (χ1n) is 10.3. The van der Waals surface area contributed by atoms with Crippen molar-refractivity contribution in [3.8, 4) is 11.8 Å². The summed E-state index contributed by atoms with van der Waals surface area (Å²) in [4.78, 5) is 5.71. The molecule has 1 saturated carbocycles. The molecule has 2 aromatic carbocycles. The van der Waals surface area contributed by atoms with Crippen molar-refractivity contribution in [2.75, 3.05) is 11.4 Å². The molecule has 0 bridgehead atoms. The monoisotopic (exact) mass is 475 g/mol. The molecule has 0 atom stereocenters. The second-order valence-electron chi connectivity index (χ2n) is 7.96. The van der Waals surface area contributed by atoms with Crippen molar-refractivity contribution < 1.29 is 26.3 Å². The molecule has 174 valence electrons. The molecule has 0 unspecified atom stereocenters. The second-order valence-corrected chi connectivity index (χ2v) is 7.96. The first kappa shape index (κ1) is 22.0. The molecule has 1 aliphatic carbocycles. The molecular weight excluding hydrogens is 460 g/mol. The predicted molar refractivity (Wildman–Crippen MR) is 112 cm³/mol. The summed E-state index contributed by atoms with van der Waals surface area (Å²) in [6.45, 7) is 1.82. The Labute approximate surface area is 189 Å². The maximum absolute atomic E-state index is 14.9. The zero-order chi connectivity index (χ0) is 24.3. The number of nitrogens with zero attached hydrogens (tertiary/aromatic N) is 5. The van der Waals surface area contributed by atoms with Crippen molar-refractivity contribution in [2.24, 2.45) is 5.41 Å². The number of fused-ring (bicyclic) bond motifs is 3. The SMILES string of the molecule is CCN(c1cc(F)cc(C#CC2(C(F)(F)F)CC2)c1)c1nc2nncn2c2ccc(F)c(F)c12. The van der Waals surface area contributed by atoms with Crippen molar-refractivity contribution in [3.05, 3.63) is 59.7 Å². The van der Waals surface area contributed by atoms with Crippen LogP contribution in [0.2, 0.25) is 0 Å². The zero-order valence-corrected chi connectivity index (χ0v) is 17.6. The Hall–Kier alpha value is -3.81. The van der Waals surface area contributed by atoms with E-state index in [-0.39, 0.29) is 53.1 Å². The summed E-state index contributed by atoms with van der Waals surface area (Å²) < 4.78 is 84.5. The molecule has 4 aromatic rings. The molecule has 0 N–H and O–H groups in total. The maximum atomic E-state index is 14.9. The lowest BCUT2D eigenvalue weighted by atomic mass is 10.1. The van der Waals surface area contributed by atoms with Gasteiger partial charge in [0.1, 0.15) is 23.4 Å². The highest BCUT2D eigenvalue weighted by molar-refractivity contribution is 5.94. The van der Waals surface area contributed by atoms with Gasteiger partial charge in [-0.2, -0.15) is 18.2 Å². The van der Waals surface area contributed by atoms with Gasteiger partial charge in [-0.25, -0.2) is 13.2 Å². The molecule has 5 nitrogen and oxygen atoms in total. The van der Waals surface area contributed by atoms with Gasteiger partial charge < -0.3 is 4.90 Å². The number of hydrogen-bond acceptors (Lipinski definition) is 4. The molecule has 0 radical (unpaired) electrons. The minimum absolute atomic E-state index is 0.0171. The second kappa shape index (κ2) is 7.62. The summed E-state index contributed by atoms with van der Waals surface area (Å²) in [5.41, 5.74) is -1.66. The van der Waals surface area contributed by atoms with Crippen LogP contribution in [0.5, 0.6) is 0 Å². The number of halogens is 6. The number of benzene rings is 2. The Morgan fingerprint density at radius 2 is 1.88 bits per heavy atom. The van der Waals surface area contributed by atoms with E-state index in [1.807, 2.05) is 0 Å². The van der Waals surface area contributed by atoms with E-state index >= 15 is 0 Å². The zero-order valence-electron chi connectivity index (χ0n) is 17.6. The van der Waals surface area contributed by atoms with E-state index in [2.05, 4.69) is 27.0 Å². The molecule has 5 rings (SSSR count). The van der Waals surface area contributed by atoms with Crippen LogP contribution < -0.4 is 4.90 Å². The summed E-state index contributed by atoms with van der Waals surface area (Å²) in [5, 5.41) is 7.44. The number of rotatable bonds is 3. The van der Waals surface area contributed by atoms with Gasteiger partial charge >= 0.3 is 6.18 Å². The van der Waals surface area contributed by atoms with E-state index in [0.717, 1.165) is 18.2 Å². The third-order valence-corrected chi connectivity index (χ3v) is 5.80. The average Bonchev–Trinajstić information content (AvgIpc) is 3.45. The fourth-order valence-electron chi connectivity index (χ4n) is 3.83. The minimum atomic E-state index is -4.47. The standard InChI is InChI=1S/C23H15F6N5/c1-2-33(15-10-13(9-14(24)11-15)5-6-22(7-8-22)23(27,28)29)20-18-17(4-3-16(25)19(18)26)34-12-30-32-21(34)31-20/h3-4,9-12H,2,7-8H2,1H3. The molecule has 1 fully saturated rings.